The molecule has 140 valence electrons. The predicted molar refractivity (Wildman–Crippen MR) is 94.3 cm³/mol. The Bertz CT molecular complexity index is 943. The number of benzene rings is 1. The van der Waals surface area contributed by atoms with Crippen LogP contribution in [0.2, 0.25) is 0 Å². The van der Waals surface area contributed by atoms with Gasteiger partial charge in [-0.1, -0.05) is 34.1 Å². The molecule has 1 amide bonds. The molecule has 0 fully saturated rings. The molecule has 0 bridgehead atoms. The van der Waals surface area contributed by atoms with Crippen LogP contribution in [0.1, 0.15) is 21.6 Å². The minimum absolute atomic E-state index is 0.0599. The molecular formula is C17H13BrF3N5O. The van der Waals surface area contributed by atoms with Crippen molar-refractivity contribution >= 4 is 21.8 Å². The van der Waals surface area contributed by atoms with Gasteiger partial charge in [0.2, 0.25) is 5.95 Å². The number of hydrogen-bond donors (Lipinski definition) is 1. The summed E-state index contributed by atoms with van der Waals surface area (Å²) in [6.45, 7) is 0.172. The highest BCUT2D eigenvalue weighted by Gasteiger charge is 2.39. The van der Waals surface area contributed by atoms with E-state index in [-0.39, 0.29) is 12.5 Å². The second-order valence-electron chi connectivity index (χ2n) is 5.48. The SMILES string of the molecule is O=C(NCCc1ccccc1Br)c1cn(-c2ncccn2)nc1C(F)(F)F. The largest absolute Gasteiger partial charge is 0.435 e. The fourth-order valence-electron chi connectivity index (χ4n) is 2.37. The Morgan fingerprint density at radius 3 is 2.52 bits per heavy atom. The van der Waals surface area contributed by atoms with Gasteiger partial charge >= 0.3 is 6.18 Å². The van der Waals surface area contributed by atoms with Crippen molar-refractivity contribution in [2.24, 2.45) is 0 Å². The first-order valence-corrected chi connectivity index (χ1v) is 8.61. The van der Waals surface area contributed by atoms with E-state index in [0.29, 0.717) is 6.42 Å². The van der Waals surface area contributed by atoms with Crippen molar-refractivity contribution in [3.8, 4) is 5.95 Å². The van der Waals surface area contributed by atoms with Gasteiger partial charge in [-0.15, -0.1) is 0 Å². The van der Waals surface area contributed by atoms with Gasteiger partial charge in [-0.25, -0.2) is 14.6 Å². The highest BCUT2D eigenvalue weighted by Crippen LogP contribution is 2.31. The lowest BCUT2D eigenvalue weighted by molar-refractivity contribution is -0.141. The molecule has 2 aromatic heterocycles. The molecule has 0 aliphatic carbocycles. The topological polar surface area (TPSA) is 72.7 Å². The second kappa shape index (κ2) is 7.87. The van der Waals surface area contributed by atoms with Gasteiger partial charge in [-0.3, -0.25) is 4.79 Å². The molecule has 3 aromatic rings. The molecule has 0 unspecified atom stereocenters. The van der Waals surface area contributed by atoms with Gasteiger partial charge < -0.3 is 5.32 Å². The van der Waals surface area contributed by atoms with Gasteiger partial charge in [-0.2, -0.15) is 18.3 Å². The van der Waals surface area contributed by atoms with Crippen LogP contribution < -0.4 is 5.32 Å². The third kappa shape index (κ3) is 4.51. The summed E-state index contributed by atoms with van der Waals surface area (Å²) in [6, 6.07) is 8.92. The normalized spacial score (nSPS) is 11.4. The van der Waals surface area contributed by atoms with E-state index in [4.69, 9.17) is 0 Å². The van der Waals surface area contributed by atoms with Crippen LogP contribution in [-0.2, 0) is 12.6 Å². The van der Waals surface area contributed by atoms with Crippen molar-refractivity contribution in [1.29, 1.82) is 0 Å². The maximum atomic E-state index is 13.3. The Labute approximate surface area is 160 Å². The summed E-state index contributed by atoms with van der Waals surface area (Å²) in [4.78, 5) is 20.0. The Hall–Kier alpha value is -2.75. The molecule has 0 aliphatic heterocycles. The van der Waals surface area contributed by atoms with Gasteiger partial charge in [0, 0.05) is 29.6 Å². The van der Waals surface area contributed by atoms with Crippen LogP contribution >= 0.6 is 15.9 Å². The van der Waals surface area contributed by atoms with Crippen molar-refractivity contribution < 1.29 is 18.0 Å². The Morgan fingerprint density at radius 2 is 1.85 bits per heavy atom. The summed E-state index contributed by atoms with van der Waals surface area (Å²) in [5.41, 5.74) is -0.933. The van der Waals surface area contributed by atoms with Crippen molar-refractivity contribution in [2.75, 3.05) is 6.54 Å². The second-order valence-corrected chi connectivity index (χ2v) is 6.33. The zero-order chi connectivity index (χ0) is 19.4. The summed E-state index contributed by atoms with van der Waals surface area (Å²) < 4.78 is 41.5. The van der Waals surface area contributed by atoms with Gasteiger partial charge in [-0.05, 0) is 24.1 Å². The first-order valence-electron chi connectivity index (χ1n) is 7.82. The lowest BCUT2D eigenvalue weighted by Crippen LogP contribution is -2.27. The number of aromatic nitrogens is 4. The number of carbonyl (C=O) groups is 1. The zero-order valence-corrected chi connectivity index (χ0v) is 15.3. The number of alkyl halides is 3. The summed E-state index contributed by atoms with van der Waals surface area (Å²) in [6.07, 6.45) is -0.602. The fraction of sp³-hybridized carbons (Fsp3) is 0.176. The minimum Gasteiger partial charge on any atom is -0.352 e. The Morgan fingerprint density at radius 1 is 1.15 bits per heavy atom. The molecule has 0 atom stereocenters. The fourth-order valence-corrected chi connectivity index (χ4v) is 2.85. The maximum absolute atomic E-state index is 13.3. The molecule has 1 N–H and O–H groups in total. The molecule has 2 heterocycles. The number of halogens is 4. The zero-order valence-electron chi connectivity index (χ0n) is 13.7. The summed E-state index contributed by atoms with van der Waals surface area (Å²) in [7, 11) is 0. The number of rotatable bonds is 5. The van der Waals surface area contributed by atoms with E-state index < -0.39 is 23.3 Å². The molecule has 1 aromatic carbocycles. The van der Waals surface area contributed by atoms with E-state index >= 15 is 0 Å². The van der Waals surface area contributed by atoms with E-state index in [2.05, 4.69) is 36.3 Å². The van der Waals surface area contributed by atoms with Gasteiger partial charge in [0.15, 0.2) is 5.69 Å². The average molecular weight is 440 g/mol. The molecule has 10 heteroatoms. The lowest BCUT2D eigenvalue weighted by Gasteiger charge is -2.08. The molecule has 6 nitrogen and oxygen atoms in total. The lowest BCUT2D eigenvalue weighted by atomic mass is 10.1. The number of hydrogen-bond acceptors (Lipinski definition) is 4. The van der Waals surface area contributed by atoms with Crippen molar-refractivity contribution in [3.63, 3.8) is 0 Å². The van der Waals surface area contributed by atoms with E-state index in [1.807, 2.05) is 24.3 Å². The average Bonchev–Trinajstić information content (AvgIpc) is 3.10. The summed E-state index contributed by atoms with van der Waals surface area (Å²) in [5, 5.41) is 5.95. The smallest absolute Gasteiger partial charge is 0.352 e. The van der Waals surface area contributed by atoms with E-state index in [9.17, 15) is 18.0 Å². The molecule has 0 aliphatic rings. The Balaban J connectivity index is 1.79. The first-order chi connectivity index (χ1) is 12.9. The van der Waals surface area contributed by atoms with Gasteiger partial charge in [0.1, 0.15) is 0 Å². The summed E-state index contributed by atoms with van der Waals surface area (Å²) in [5.74, 6) is -0.924. The highest BCUT2D eigenvalue weighted by atomic mass is 79.9. The molecule has 0 saturated heterocycles. The minimum atomic E-state index is -4.78. The van der Waals surface area contributed by atoms with Crippen LogP contribution in [0, 0.1) is 0 Å². The summed E-state index contributed by atoms with van der Waals surface area (Å²) >= 11 is 3.39. The molecule has 3 rings (SSSR count). The van der Waals surface area contributed by atoms with Crippen LogP contribution in [0.5, 0.6) is 0 Å². The quantitative estimate of drug-likeness (QED) is 0.660. The molecule has 0 radical (unpaired) electrons. The predicted octanol–water partition coefficient (Wildman–Crippen LogP) is 3.42. The third-order valence-corrected chi connectivity index (χ3v) is 4.40. The molecule has 27 heavy (non-hydrogen) atoms. The van der Waals surface area contributed by atoms with Crippen LogP contribution in [0.15, 0.2) is 53.4 Å². The van der Waals surface area contributed by atoms with Crippen molar-refractivity contribution in [1.82, 2.24) is 25.1 Å². The van der Waals surface area contributed by atoms with E-state index in [1.165, 1.54) is 18.5 Å². The van der Waals surface area contributed by atoms with Crippen molar-refractivity contribution in [3.05, 3.63) is 70.2 Å². The molecular weight excluding hydrogens is 427 g/mol. The molecule has 0 spiro atoms. The molecule has 0 saturated carbocycles. The van der Waals surface area contributed by atoms with Gasteiger partial charge in [0.25, 0.3) is 5.91 Å². The van der Waals surface area contributed by atoms with Crippen LogP contribution in [0.3, 0.4) is 0 Å². The number of amides is 1. The Kier molecular flexibility index (Phi) is 5.54. The standard InChI is InChI=1S/C17H13BrF3N5O/c18-13-5-2-1-4-11(13)6-9-22-15(27)12-10-26(16-23-7-3-8-24-16)25-14(12)17(19,20)21/h1-5,7-8,10H,6,9H2,(H,22,27). The number of nitrogens with zero attached hydrogens (tertiary/aromatic N) is 4. The third-order valence-electron chi connectivity index (χ3n) is 3.62. The number of nitrogens with one attached hydrogen (secondary N) is 1. The van der Waals surface area contributed by atoms with E-state index in [1.54, 1.807) is 0 Å². The van der Waals surface area contributed by atoms with Crippen LogP contribution in [-0.4, -0.2) is 32.2 Å². The van der Waals surface area contributed by atoms with E-state index in [0.717, 1.165) is 20.9 Å². The highest BCUT2D eigenvalue weighted by molar-refractivity contribution is 9.10. The van der Waals surface area contributed by atoms with Crippen molar-refractivity contribution in [2.45, 2.75) is 12.6 Å². The number of carbonyl (C=O) groups excluding carboxylic acids is 1. The monoisotopic (exact) mass is 439 g/mol. The first kappa shape index (κ1) is 19.0. The van der Waals surface area contributed by atoms with Gasteiger partial charge in [0.05, 0.1) is 5.56 Å². The maximum Gasteiger partial charge on any atom is 0.435 e. The van der Waals surface area contributed by atoms with Crippen LogP contribution in [0.25, 0.3) is 5.95 Å². The van der Waals surface area contributed by atoms with Crippen LogP contribution in [0.4, 0.5) is 13.2 Å².